The quantitative estimate of drug-likeness (QED) is 0.725. The van der Waals surface area contributed by atoms with Crippen molar-refractivity contribution in [2.45, 2.75) is 45.1 Å². The average molecular weight is 306 g/mol. The predicted molar refractivity (Wildman–Crippen MR) is 85.9 cm³/mol. The van der Waals surface area contributed by atoms with Crippen molar-refractivity contribution in [3.8, 4) is 5.75 Å². The highest BCUT2D eigenvalue weighted by molar-refractivity contribution is 5.75. The van der Waals surface area contributed by atoms with Gasteiger partial charge in [0.05, 0.1) is 6.04 Å². The smallest absolute Gasteiger partial charge is 0.317 e. The molecule has 2 amide bonds. The van der Waals surface area contributed by atoms with Crippen molar-refractivity contribution in [3.05, 3.63) is 29.3 Å². The average Bonchev–Trinajstić information content (AvgIpc) is 2.92. The van der Waals surface area contributed by atoms with Gasteiger partial charge in [-0.25, -0.2) is 4.79 Å². The number of benzene rings is 1. The van der Waals surface area contributed by atoms with E-state index >= 15 is 0 Å². The minimum Gasteiger partial charge on any atom is -0.508 e. The molecule has 22 heavy (non-hydrogen) atoms. The van der Waals surface area contributed by atoms with Gasteiger partial charge in [-0.05, 0) is 42.9 Å². The van der Waals surface area contributed by atoms with Gasteiger partial charge in [-0.2, -0.15) is 0 Å². The van der Waals surface area contributed by atoms with E-state index in [1.54, 1.807) is 11.0 Å². The summed E-state index contributed by atoms with van der Waals surface area (Å²) >= 11 is 0. The van der Waals surface area contributed by atoms with E-state index in [0.29, 0.717) is 25.3 Å². The summed E-state index contributed by atoms with van der Waals surface area (Å²) < 4.78 is 0. The molecule has 3 N–H and O–H groups in total. The van der Waals surface area contributed by atoms with Gasteiger partial charge in [0.15, 0.2) is 0 Å². The number of unbranched alkanes of at least 4 members (excludes halogenated alkanes) is 1. The number of aliphatic hydroxyl groups is 1. The van der Waals surface area contributed by atoms with E-state index in [-0.39, 0.29) is 18.7 Å². The number of urea groups is 1. The molecule has 0 spiro atoms. The number of phenols is 1. The van der Waals surface area contributed by atoms with Crippen molar-refractivity contribution in [2.24, 2.45) is 0 Å². The van der Waals surface area contributed by atoms with E-state index in [9.17, 15) is 9.90 Å². The standard InChI is InChI=1S/C17H26N2O3/c1-2-3-10-19(11-5-12-20)17(22)18-15-9-8-14-13(15)6-4-7-16(14)21/h4,6-7,15,20-21H,2-3,5,8-12H2,1H3,(H,18,22). The van der Waals surface area contributed by atoms with Gasteiger partial charge < -0.3 is 20.4 Å². The number of carbonyl (C=O) groups is 1. The van der Waals surface area contributed by atoms with Crippen molar-refractivity contribution in [1.82, 2.24) is 10.2 Å². The number of fused-ring (bicyclic) bond motifs is 1. The number of hydrogen-bond donors (Lipinski definition) is 3. The molecule has 0 saturated carbocycles. The van der Waals surface area contributed by atoms with Crippen LogP contribution in [0.4, 0.5) is 4.79 Å². The monoisotopic (exact) mass is 306 g/mol. The van der Waals surface area contributed by atoms with Gasteiger partial charge in [-0.1, -0.05) is 25.5 Å². The lowest BCUT2D eigenvalue weighted by molar-refractivity contribution is 0.185. The van der Waals surface area contributed by atoms with Crippen LogP contribution in [0.15, 0.2) is 18.2 Å². The summed E-state index contributed by atoms with van der Waals surface area (Å²) in [6.07, 6.45) is 4.20. The molecule has 5 nitrogen and oxygen atoms in total. The van der Waals surface area contributed by atoms with Gasteiger partial charge in [0.2, 0.25) is 0 Å². The van der Waals surface area contributed by atoms with Crippen molar-refractivity contribution in [2.75, 3.05) is 19.7 Å². The van der Waals surface area contributed by atoms with E-state index in [1.807, 2.05) is 12.1 Å². The van der Waals surface area contributed by atoms with Crippen LogP contribution in [0.2, 0.25) is 0 Å². The topological polar surface area (TPSA) is 72.8 Å². The molecule has 0 aliphatic heterocycles. The van der Waals surface area contributed by atoms with E-state index in [2.05, 4.69) is 12.2 Å². The van der Waals surface area contributed by atoms with Gasteiger partial charge in [0.1, 0.15) is 5.75 Å². The maximum Gasteiger partial charge on any atom is 0.317 e. The zero-order valence-corrected chi connectivity index (χ0v) is 13.2. The molecule has 5 heteroatoms. The highest BCUT2D eigenvalue weighted by atomic mass is 16.3. The van der Waals surface area contributed by atoms with Crippen LogP contribution in [-0.2, 0) is 6.42 Å². The maximum absolute atomic E-state index is 12.5. The number of amides is 2. The van der Waals surface area contributed by atoms with Crippen molar-refractivity contribution in [3.63, 3.8) is 0 Å². The lowest BCUT2D eigenvalue weighted by Gasteiger charge is -2.25. The van der Waals surface area contributed by atoms with Crippen LogP contribution >= 0.6 is 0 Å². The minimum absolute atomic E-state index is 0.0344. The molecule has 0 bridgehead atoms. The third-order valence-electron chi connectivity index (χ3n) is 4.20. The van der Waals surface area contributed by atoms with Crippen LogP contribution in [0.3, 0.4) is 0 Å². The van der Waals surface area contributed by atoms with Gasteiger partial charge in [-0.15, -0.1) is 0 Å². The lowest BCUT2D eigenvalue weighted by atomic mass is 10.1. The molecule has 0 fully saturated rings. The third-order valence-corrected chi connectivity index (χ3v) is 4.20. The van der Waals surface area contributed by atoms with Crippen LogP contribution in [0, 0.1) is 0 Å². The first-order valence-corrected chi connectivity index (χ1v) is 8.14. The molecule has 0 saturated heterocycles. The van der Waals surface area contributed by atoms with Gasteiger partial charge in [0.25, 0.3) is 0 Å². The fourth-order valence-corrected chi connectivity index (χ4v) is 2.95. The molecule has 1 atom stereocenters. The molecule has 2 rings (SSSR count). The van der Waals surface area contributed by atoms with Crippen molar-refractivity contribution in [1.29, 1.82) is 0 Å². The number of aromatic hydroxyl groups is 1. The fourth-order valence-electron chi connectivity index (χ4n) is 2.95. The highest BCUT2D eigenvalue weighted by Crippen LogP contribution is 2.36. The molecule has 0 heterocycles. The Labute approximate surface area is 131 Å². The van der Waals surface area contributed by atoms with Gasteiger partial charge >= 0.3 is 6.03 Å². The summed E-state index contributed by atoms with van der Waals surface area (Å²) in [5.74, 6) is 0.317. The molecule has 1 aromatic rings. The first-order valence-electron chi connectivity index (χ1n) is 8.14. The number of nitrogens with one attached hydrogen (secondary N) is 1. The third kappa shape index (κ3) is 3.91. The number of hydrogen-bond acceptors (Lipinski definition) is 3. The molecule has 1 aliphatic rings. The second-order valence-corrected chi connectivity index (χ2v) is 5.80. The number of phenolic OH excluding ortho intramolecular Hbond substituents is 1. The zero-order chi connectivity index (χ0) is 15.9. The largest absolute Gasteiger partial charge is 0.508 e. The molecule has 1 unspecified atom stereocenters. The number of aliphatic hydroxyl groups excluding tert-OH is 1. The van der Waals surface area contributed by atoms with Crippen LogP contribution in [-0.4, -0.2) is 40.8 Å². The van der Waals surface area contributed by atoms with E-state index in [1.165, 1.54) is 0 Å². The highest BCUT2D eigenvalue weighted by Gasteiger charge is 2.27. The summed E-state index contributed by atoms with van der Waals surface area (Å²) in [6, 6.07) is 5.37. The SMILES string of the molecule is CCCCN(CCCO)C(=O)NC1CCc2c(O)cccc21. The summed E-state index contributed by atoms with van der Waals surface area (Å²) in [7, 11) is 0. The Bertz CT molecular complexity index is 497. The Balaban J connectivity index is 2.00. The minimum atomic E-state index is -0.0805. The first-order chi connectivity index (χ1) is 10.7. The molecule has 1 aliphatic carbocycles. The van der Waals surface area contributed by atoms with Gasteiger partial charge in [-0.3, -0.25) is 0 Å². The Morgan fingerprint density at radius 1 is 1.36 bits per heavy atom. The molecular weight excluding hydrogens is 280 g/mol. The van der Waals surface area contributed by atoms with Crippen molar-refractivity contribution >= 4 is 6.03 Å². The van der Waals surface area contributed by atoms with Crippen LogP contribution in [0.25, 0.3) is 0 Å². The normalized spacial score (nSPS) is 16.4. The maximum atomic E-state index is 12.5. The number of nitrogens with zero attached hydrogens (tertiary/aromatic N) is 1. The van der Waals surface area contributed by atoms with Crippen LogP contribution in [0.1, 0.15) is 49.8 Å². The first kappa shape index (κ1) is 16.6. The van der Waals surface area contributed by atoms with E-state index in [0.717, 1.165) is 36.8 Å². The fraction of sp³-hybridized carbons (Fsp3) is 0.588. The Morgan fingerprint density at radius 3 is 2.86 bits per heavy atom. The molecular formula is C17H26N2O3. The molecule has 0 aromatic heterocycles. The summed E-state index contributed by atoms with van der Waals surface area (Å²) in [4.78, 5) is 14.3. The Hall–Kier alpha value is -1.75. The van der Waals surface area contributed by atoms with Crippen LogP contribution < -0.4 is 5.32 Å². The Morgan fingerprint density at radius 2 is 2.14 bits per heavy atom. The van der Waals surface area contributed by atoms with Crippen molar-refractivity contribution < 1.29 is 15.0 Å². The van der Waals surface area contributed by atoms with Crippen LogP contribution in [0.5, 0.6) is 5.75 Å². The summed E-state index contributed by atoms with van der Waals surface area (Å²) in [5.41, 5.74) is 1.97. The second-order valence-electron chi connectivity index (χ2n) is 5.80. The Kier molecular flexibility index (Phi) is 6.07. The van der Waals surface area contributed by atoms with Gasteiger partial charge in [0, 0.05) is 19.7 Å². The molecule has 122 valence electrons. The van der Waals surface area contributed by atoms with E-state index < -0.39 is 0 Å². The van der Waals surface area contributed by atoms with E-state index in [4.69, 9.17) is 5.11 Å². The molecule has 1 aromatic carbocycles. The summed E-state index contributed by atoms with van der Waals surface area (Å²) in [6.45, 7) is 3.47. The number of carbonyl (C=O) groups excluding carboxylic acids is 1. The molecule has 0 radical (unpaired) electrons. The summed E-state index contributed by atoms with van der Waals surface area (Å²) in [5, 5.41) is 21.9. The number of rotatable bonds is 7. The zero-order valence-electron chi connectivity index (χ0n) is 13.2. The second kappa shape index (κ2) is 8.03. The predicted octanol–water partition coefficient (Wildman–Crippen LogP) is 2.57. The lowest BCUT2D eigenvalue weighted by Crippen LogP contribution is -2.42.